The molecule has 0 aliphatic carbocycles. The molecule has 0 aliphatic rings. The normalized spacial score (nSPS) is 11.7. The lowest BCUT2D eigenvalue weighted by molar-refractivity contribution is -0.384. The number of halogens is 2. The molecule has 27 heavy (non-hydrogen) atoms. The van der Waals surface area contributed by atoms with Crippen LogP contribution >= 0.6 is 23.2 Å². The molecule has 2 rings (SSSR count). The van der Waals surface area contributed by atoms with Gasteiger partial charge in [-0.2, -0.15) is 0 Å². The Bertz CT molecular complexity index is 887. The Morgan fingerprint density at radius 3 is 2.37 bits per heavy atom. The summed E-state index contributed by atoms with van der Waals surface area (Å²) in [6, 6.07) is 9.31. The van der Waals surface area contributed by atoms with E-state index in [1.54, 1.807) is 38.1 Å². The third-order valence-corrected chi connectivity index (χ3v) is 4.28. The van der Waals surface area contributed by atoms with Crippen molar-refractivity contribution >= 4 is 46.4 Å². The molecular formula is C18H17Cl2N3O4. The first-order chi connectivity index (χ1) is 12.7. The number of benzene rings is 2. The van der Waals surface area contributed by atoms with E-state index < -0.39 is 22.8 Å². The average molecular weight is 410 g/mol. The van der Waals surface area contributed by atoms with Crippen LogP contribution in [0.25, 0.3) is 0 Å². The molecule has 0 fully saturated rings. The number of hydrogen-bond donors (Lipinski definition) is 2. The molecule has 142 valence electrons. The van der Waals surface area contributed by atoms with E-state index in [1.807, 2.05) is 0 Å². The summed E-state index contributed by atoms with van der Waals surface area (Å²) >= 11 is 11.9. The highest BCUT2D eigenvalue weighted by molar-refractivity contribution is 6.34. The third kappa shape index (κ3) is 5.42. The standard InChI is InChI=1S/C18H17Cl2N3O4/c1-10(2)16(18(25)21-12-5-3-4-11(19)8-12)22-17(24)14-7-6-13(23(26)27)9-15(14)20/h3-10,16H,1-2H3,(H,21,25)(H,22,24). The van der Waals surface area contributed by atoms with Gasteiger partial charge in [0.1, 0.15) is 6.04 Å². The van der Waals surface area contributed by atoms with Crippen molar-refractivity contribution in [2.75, 3.05) is 5.32 Å². The highest BCUT2D eigenvalue weighted by Gasteiger charge is 2.26. The van der Waals surface area contributed by atoms with Gasteiger partial charge in [-0.05, 0) is 30.2 Å². The molecular weight excluding hydrogens is 393 g/mol. The quantitative estimate of drug-likeness (QED) is 0.548. The lowest BCUT2D eigenvalue weighted by Gasteiger charge is -2.22. The zero-order valence-electron chi connectivity index (χ0n) is 14.5. The number of non-ortho nitro benzene ring substituents is 1. The molecule has 0 saturated heterocycles. The Morgan fingerprint density at radius 1 is 1.11 bits per heavy atom. The Labute approximate surface area is 165 Å². The van der Waals surface area contributed by atoms with Crippen LogP contribution in [0.1, 0.15) is 24.2 Å². The molecule has 7 nitrogen and oxygen atoms in total. The van der Waals surface area contributed by atoms with Crippen molar-refractivity contribution < 1.29 is 14.5 Å². The molecule has 0 bridgehead atoms. The van der Waals surface area contributed by atoms with Crippen LogP contribution in [0, 0.1) is 16.0 Å². The Hall–Kier alpha value is -2.64. The highest BCUT2D eigenvalue weighted by atomic mass is 35.5. The summed E-state index contributed by atoms with van der Waals surface area (Å²) in [5.41, 5.74) is 0.319. The van der Waals surface area contributed by atoms with E-state index in [9.17, 15) is 19.7 Å². The van der Waals surface area contributed by atoms with E-state index in [-0.39, 0.29) is 22.2 Å². The predicted octanol–water partition coefficient (Wildman–Crippen LogP) is 4.29. The number of nitrogens with zero attached hydrogens (tertiary/aromatic N) is 1. The molecule has 0 spiro atoms. The molecule has 0 aliphatic heterocycles. The Morgan fingerprint density at radius 2 is 1.81 bits per heavy atom. The fourth-order valence-electron chi connectivity index (χ4n) is 2.34. The summed E-state index contributed by atoms with van der Waals surface area (Å²) in [4.78, 5) is 35.2. The van der Waals surface area contributed by atoms with E-state index in [4.69, 9.17) is 23.2 Å². The average Bonchev–Trinajstić information content (AvgIpc) is 2.58. The summed E-state index contributed by atoms with van der Waals surface area (Å²) in [6.45, 7) is 3.56. The van der Waals surface area contributed by atoms with E-state index in [0.29, 0.717) is 10.7 Å². The van der Waals surface area contributed by atoms with Gasteiger partial charge in [0.05, 0.1) is 15.5 Å². The molecule has 1 atom stereocenters. The summed E-state index contributed by atoms with van der Waals surface area (Å²) in [7, 11) is 0. The van der Waals surface area contributed by atoms with Gasteiger partial charge in [-0.25, -0.2) is 0 Å². The van der Waals surface area contributed by atoms with E-state index in [0.717, 1.165) is 6.07 Å². The minimum atomic E-state index is -0.845. The largest absolute Gasteiger partial charge is 0.340 e. The number of hydrogen-bond acceptors (Lipinski definition) is 4. The first-order valence-corrected chi connectivity index (χ1v) is 8.76. The molecule has 2 aromatic carbocycles. The van der Waals surface area contributed by atoms with Gasteiger partial charge in [-0.3, -0.25) is 19.7 Å². The summed E-state index contributed by atoms with van der Waals surface area (Å²) < 4.78 is 0. The van der Waals surface area contributed by atoms with Gasteiger partial charge in [0.25, 0.3) is 11.6 Å². The number of nitro benzene ring substituents is 1. The van der Waals surface area contributed by atoms with Crippen LogP contribution < -0.4 is 10.6 Å². The second kappa shape index (κ2) is 8.83. The molecule has 2 aromatic rings. The minimum absolute atomic E-state index is 0.0449. The minimum Gasteiger partial charge on any atom is -0.340 e. The molecule has 0 radical (unpaired) electrons. The molecule has 2 N–H and O–H groups in total. The molecule has 0 heterocycles. The Balaban J connectivity index is 2.16. The van der Waals surface area contributed by atoms with Crippen molar-refractivity contribution in [2.24, 2.45) is 5.92 Å². The van der Waals surface area contributed by atoms with E-state index in [2.05, 4.69) is 10.6 Å². The first-order valence-electron chi connectivity index (χ1n) is 8.00. The summed E-state index contributed by atoms with van der Waals surface area (Å²) in [5, 5.41) is 16.5. The molecule has 1 unspecified atom stereocenters. The Kier molecular flexibility index (Phi) is 6.76. The third-order valence-electron chi connectivity index (χ3n) is 3.74. The van der Waals surface area contributed by atoms with Gasteiger partial charge >= 0.3 is 0 Å². The summed E-state index contributed by atoms with van der Waals surface area (Å²) in [6.07, 6.45) is 0. The molecule has 2 amide bonds. The second-order valence-corrected chi connectivity index (χ2v) is 6.96. The van der Waals surface area contributed by atoms with Crippen molar-refractivity contribution in [1.29, 1.82) is 0 Å². The van der Waals surface area contributed by atoms with Gasteiger partial charge < -0.3 is 10.6 Å². The number of carbonyl (C=O) groups is 2. The van der Waals surface area contributed by atoms with Crippen molar-refractivity contribution in [3.63, 3.8) is 0 Å². The van der Waals surface area contributed by atoms with Crippen molar-refractivity contribution in [2.45, 2.75) is 19.9 Å². The number of rotatable bonds is 6. The topological polar surface area (TPSA) is 101 Å². The number of carbonyl (C=O) groups excluding carboxylic acids is 2. The van der Waals surface area contributed by atoms with Gasteiger partial charge in [0.2, 0.25) is 5.91 Å². The van der Waals surface area contributed by atoms with E-state index >= 15 is 0 Å². The maximum absolute atomic E-state index is 12.6. The van der Waals surface area contributed by atoms with Gasteiger partial charge in [0, 0.05) is 22.8 Å². The van der Waals surface area contributed by atoms with Crippen LogP contribution in [-0.4, -0.2) is 22.8 Å². The van der Waals surface area contributed by atoms with Crippen LogP contribution in [0.15, 0.2) is 42.5 Å². The lowest BCUT2D eigenvalue weighted by atomic mass is 10.0. The van der Waals surface area contributed by atoms with Gasteiger partial charge in [-0.1, -0.05) is 43.1 Å². The zero-order chi connectivity index (χ0) is 20.1. The molecule has 9 heteroatoms. The summed E-state index contributed by atoms with van der Waals surface area (Å²) in [5.74, 6) is -1.24. The SMILES string of the molecule is CC(C)C(NC(=O)c1ccc([N+](=O)[O-])cc1Cl)C(=O)Nc1cccc(Cl)c1. The van der Waals surface area contributed by atoms with Crippen molar-refractivity contribution in [3.05, 3.63) is 68.2 Å². The van der Waals surface area contributed by atoms with Crippen molar-refractivity contribution in [3.8, 4) is 0 Å². The monoisotopic (exact) mass is 409 g/mol. The zero-order valence-corrected chi connectivity index (χ0v) is 16.0. The first kappa shape index (κ1) is 20.7. The maximum atomic E-state index is 12.6. The smallest absolute Gasteiger partial charge is 0.270 e. The van der Waals surface area contributed by atoms with Crippen LogP contribution in [0.4, 0.5) is 11.4 Å². The van der Waals surface area contributed by atoms with Gasteiger partial charge in [-0.15, -0.1) is 0 Å². The van der Waals surface area contributed by atoms with E-state index in [1.165, 1.54) is 12.1 Å². The maximum Gasteiger partial charge on any atom is 0.270 e. The molecule has 0 aromatic heterocycles. The van der Waals surface area contributed by atoms with Crippen LogP contribution in [0.5, 0.6) is 0 Å². The van der Waals surface area contributed by atoms with Gasteiger partial charge in [0.15, 0.2) is 0 Å². The number of anilines is 1. The predicted molar refractivity (Wildman–Crippen MR) is 104 cm³/mol. The van der Waals surface area contributed by atoms with Crippen LogP contribution in [0.2, 0.25) is 10.0 Å². The lowest BCUT2D eigenvalue weighted by Crippen LogP contribution is -2.47. The fourth-order valence-corrected chi connectivity index (χ4v) is 2.79. The highest BCUT2D eigenvalue weighted by Crippen LogP contribution is 2.23. The van der Waals surface area contributed by atoms with Crippen LogP contribution in [-0.2, 0) is 4.79 Å². The second-order valence-electron chi connectivity index (χ2n) is 6.12. The number of amides is 2. The number of nitrogens with one attached hydrogen (secondary N) is 2. The number of nitro groups is 1. The fraction of sp³-hybridized carbons (Fsp3) is 0.222. The molecule has 0 saturated carbocycles. The van der Waals surface area contributed by atoms with Crippen molar-refractivity contribution in [1.82, 2.24) is 5.32 Å². The van der Waals surface area contributed by atoms with Crippen LogP contribution in [0.3, 0.4) is 0 Å².